The third kappa shape index (κ3) is 5.41. The van der Waals surface area contributed by atoms with Gasteiger partial charge in [0, 0.05) is 23.3 Å². The molecular weight excluding hydrogens is 631 g/mol. The van der Waals surface area contributed by atoms with Crippen LogP contribution in [0.1, 0.15) is 95.3 Å². The number of aryl methyl sites for hydroxylation is 5. The monoisotopic (exact) mass is 683 g/mol. The Balaban J connectivity index is 1.69. The molecule has 0 bridgehead atoms. The molecule has 0 aliphatic heterocycles. The van der Waals surface area contributed by atoms with Crippen molar-refractivity contribution in [3.63, 3.8) is 0 Å². The third-order valence-electron chi connectivity index (χ3n) is 11.4. The minimum absolute atomic E-state index is 0.354. The molecule has 3 nitrogen and oxygen atoms in total. The summed E-state index contributed by atoms with van der Waals surface area (Å²) in [7, 11) is 4.51. The van der Waals surface area contributed by atoms with Crippen LogP contribution < -0.4 is 9.13 Å². The van der Waals surface area contributed by atoms with Gasteiger partial charge in [-0.05, 0) is 96.7 Å². The molecule has 0 spiro atoms. The zero-order valence-electron chi connectivity index (χ0n) is 32.6. The quantitative estimate of drug-likeness (QED) is 0.112. The van der Waals surface area contributed by atoms with E-state index in [1.165, 1.54) is 72.5 Å². The Labute approximate surface area is 310 Å². The fraction of sp³-hybridized carbons (Fsp3) is 0.265. The number of hydrogen-bond acceptors (Lipinski definition) is 0. The van der Waals surface area contributed by atoms with Crippen molar-refractivity contribution in [3.8, 4) is 17.2 Å². The molecule has 0 N–H and O–H groups in total. The average molecular weight is 684 g/mol. The van der Waals surface area contributed by atoms with Gasteiger partial charge < -0.3 is 0 Å². The first-order valence-corrected chi connectivity index (χ1v) is 18.8. The smallest absolute Gasteiger partial charge is 0.220 e. The van der Waals surface area contributed by atoms with E-state index in [0.717, 1.165) is 11.5 Å². The Morgan fingerprint density at radius 3 is 1.54 bits per heavy atom. The number of fused-ring (bicyclic) bond motifs is 1. The molecule has 5 aromatic carbocycles. The van der Waals surface area contributed by atoms with Gasteiger partial charge in [-0.3, -0.25) is 0 Å². The lowest BCUT2D eigenvalue weighted by Gasteiger charge is -2.38. The number of para-hydroxylation sites is 3. The molecule has 0 atom stereocenters. The number of hydrogen-bond donors (Lipinski definition) is 0. The largest absolute Gasteiger partial charge is 0.360 e. The predicted octanol–water partition coefficient (Wildman–Crippen LogP) is 10.8. The van der Waals surface area contributed by atoms with Gasteiger partial charge in [0.15, 0.2) is 11.0 Å². The van der Waals surface area contributed by atoms with Crippen LogP contribution in [0.4, 0.5) is 0 Å². The minimum atomic E-state index is -0.606. The van der Waals surface area contributed by atoms with E-state index in [1.54, 1.807) is 0 Å². The Bertz CT molecular complexity index is 2350. The number of aromatic nitrogens is 3. The van der Waals surface area contributed by atoms with Crippen LogP contribution in [0.5, 0.6) is 0 Å². The van der Waals surface area contributed by atoms with E-state index < -0.39 is 5.41 Å². The van der Waals surface area contributed by atoms with Gasteiger partial charge in [-0.25, -0.2) is 4.57 Å². The maximum absolute atomic E-state index is 2.56. The first-order valence-electron chi connectivity index (χ1n) is 18.8. The van der Waals surface area contributed by atoms with E-state index in [2.05, 4.69) is 211 Å². The second-order valence-corrected chi connectivity index (χ2v) is 15.3. The molecule has 2 aromatic heterocycles. The van der Waals surface area contributed by atoms with E-state index >= 15 is 0 Å². The first-order chi connectivity index (χ1) is 25.0. The van der Waals surface area contributed by atoms with Gasteiger partial charge in [-0.1, -0.05) is 125 Å². The summed E-state index contributed by atoms with van der Waals surface area (Å²) < 4.78 is 7.45. The number of pyridine rings is 1. The molecule has 3 heteroatoms. The molecule has 2 heterocycles. The van der Waals surface area contributed by atoms with Crippen LogP contribution >= 0.6 is 0 Å². The predicted molar refractivity (Wildman–Crippen MR) is 216 cm³/mol. The van der Waals surface area contributed by atoms with E-state index in [9.17, 15) is 0 Å². The maximum Gasteiger partial charge on any atom is 0.360 e. The summed E-state index contributed by atoms with van der Waals surface area (Å²) in [4.78, 5) is 0. The Kier molecular flexibility index (Phi) is 9.25. The highest BCUT2D eigenvalue weighted by atomic mass is 15.2. The number of imidazole rings is 1. The third-order valence-corrected chi connectivity index (χ3v) is 11.4. The lowest BCUT2D eigenvalue weighted by Crippen LogP contribution is -2.49. The first kappa shape index (κ1) is 35.1. The van der Waals surface area contributed by atoms with Crippen LogP contribution in [-0.2, 0) is 19.5 Å². The van der Waals surface area contributed by atoms with Gasteiger partial charge in [0.25, 0.3) is 5.69 Å². The molecule has 0 radical (unpaired) electrons. The van der Waals surface area contributed by atoms with Crippen molar-refractivity contribution in [2.24, 2.45) is 14.1 Å². The van der Waals surface area contributed by atoms with Crippen LogP contribution in [0.15, 0.2) is 127 Å². The number of benzene rings is 5. The fourth-order valence-electron chi connectivity index (χ4n) is 8.99. The van der Waals surface area contributed by atoms with Crippen LogP contribution in [-0.4, -0.2) is 4.57 Å². The molecule has 262 valence electrons. The topological polar surface area (TPSA) is 12.7 Å². The summed E-state index contributed by atoms with van der Waals surface area (Å²) in [6.45, 7) is 18.4. The molecule has 7 rings (SSSR count). The van der Waals surface area contributed by atoms with Gasteiger partial charge in [0.1, 0.15) is 18.2 Å². The number of rotatable bonds is 8. The summed E-state index contributed by atoms with van der Waals surface area (Å²) in [6.07, 6.45) is 0. The highest BCUT2D eigenvalue weighted by Gasteiger charge is 2.49. The molecule has 0 saturated heterocycles. The molecule has 0 aliphatic carbocycles. The second kappa shape index (κ2) is 13.7. The molecule has 0 saturated carbocycles. The van der Waals surface area contributed by atoms with Gasteiger partial charge >= 0.3 is 5.82 Å². The zero-order valence-corrected chi connectivity index (χ0v) is 32.6. The number of nitrogens with zero attached hydrogens (tertiary/aromatic N) is 3. The van der Waals surface area contributed by atoms with Gasteiger partial charge in [0.05, 0.1) is 7.05 Å². The maximum atomic E-state index is 2.56. The summed E-state index contributed by atoms with van der Waals surface area (Å²) in [5.41, 5.74) is 17.2. The van der Waals surface area contributed by atoms with E-state index in [-0.39, 0.29) is 0 Å². The molecule has 7 aromatic rings. The summed E-state index contributed by atoms with van der Waals surface area (Å²) >= 11 is 0. The summed E-state index contributed by atoms with van der Waals surface area (Å²) in [6, 6.07) is 47.5. The van der Waals surface area contributed by atoms with Crippen LogP contribution in [0.2, 0.25) is 0 Å². The van der Waals surface area contributed by atoms with Gasteiger partial charge in [0.2, 0.25) is 5.69 Å². The standard InChI is InChI=1S/C49H53N3/c1-32(2)38-24-18-25-39(33(3)4)47(38)52-43-29-16-15-28-42(43)51(10)48(52)44-30-19-31-45(50(44)9)49(40-26-13-11-20-34(40)5,41-27-14-12-21-35(41)6)46-36(7)22-17-23-37(46)8/h11-33H,1-10H3/q+2. The summed E-state index contributed by atoms with van der Waals surface area (Å²) in [5.74, 6) is 1.87. The molecule has 0 fully saturated rings. The average Bonchev–Trinajstić information content (AvgIpc) is 3.42. The van der Waals surface area contributed by atoms with Crippen LogP contribution in [0, 0.1) is 27.7 Å². The zero-order chi connectivity index (χ0) is 36.9. The summed E-state index contributed by atoms with van der Waals surface area (Å²) in [5, 5.41) is 0. The lowest BCUT2D eigenvalue weighted by atomic mass is 9.62. The van der Waals surface area contributed by atoms with Crippen molar-refractivity contribution < 1.29 is 9.13 Å². The Morgan fingerprint density at radius 1 is 0.500 bits per heavy atom. The highest BCUT2D eigenvalue weighted by Crippen LogP contribution is 2.49. The highest BCUT2D eigenvalue weighted by molar-refractivity contribution is 5.79. The van der Waals surface area contributed by atoms with Crippen LogP contribution in [0.3, 0.4) is 0 Å². The van der Waals surface area contributed by atoms with Crippen molar-refractivity contribution >= 4 is 11.0 Å². The Morgan fingerprint density at radius 2 is 0.981 bits per heavy atom. The van der Waals surface area contributed by atoms with E-state index in [4.69, 9.17) is 0 Å². The minimum Gasteiger partial charge on any atom is -0.220 e. The molecule has 52 heavy (non-hydrogen) atoms. The SMILES string of the molecule is Cc1ccccc1C(c1ccccc1C)(c1c(C)cccc1C)c1cccc(-c2n(-c3c(C(C)C)cccc3C(C)C)c3ccccc3[n+]2C)[n+]1C. The Hall–Kier alpha value is -5.28. The van der Waals surface area contributed by atoms with Gasteiger partial charge in [-0.2, -0.15) is 9.13 Å². The normalized spacial score (nSPS) is 12.0. The molecule has 0 aliphatic rings. The van der Waals surface area contributed by atoms with Crippen molar-refractivity contribution in [2.75, 3.05) is 0 Å². The fourth-order valence-corrected chi connectivity index (χ4v) is 8.99. The van der Waals surface area contributed by atoms with Crippen molar-refractivity contribution in [2.45, 2.75) is 72.6 Å². The molecule has 0 unspecified atom stereocenters. The lowest BCUT2D eigenvalue weighted by molar-refractivity contribution is -0.687. The van der Waals surface area contributed by atoms with Crippen LogP contribution in [0.25, 0.3) is 28.2 Å². The van der Waals surface area contributed by atoms with E-state index in [0.29, 0.717) is 11.8 Å². The molecule has 0 amide bonds. The second-order valence-electron chi connectivity index (χ2n) is 15.3. The molecular formula is C49H53N3+2. The van der Waals surface area contributed by atoms with Gasteiger partial charge in [-0.15, -0.1) is 0 Å². The van der Waals surface area contributed by atoms with Crippen molar-refractivity contribution in [3.05, 3.63) is 183 Å². The van der Waals surface area contributed by atoms with Crippen molar-refractivity contribution in [1.29, 1.82) is 0 Å². The van der Waals surface area contributed by atoms with E-state index in [1.807, 2.05) is 0 Å². The van der Waals surface area contributed by atoms with Crippen molar-refractivity contribution in [1.82, 2.24) is 4.57 Å².